The van der Waals surface area contributed by atoms with E-state index in [4.69, 9.17) is 9.94 Å². The van der Waals surface area contributed by atoms with Crippen molar-refractivity contribution in [2.24, 2.45) is 0 Å². The van der Waals surface area contributed by atoms with Crippen LogP contribution in [0.1, 0.15) is 12.5 Å². The van der Waals surface area contributed by atoms with E-state index in [2.05, 4.69) is 5.48 Å². The normalized spacial score (nSPS) is 11.1. The highest BCUT2D eigenvalue weighted by molar-refractivity contribution is 5.91. The molecule has 0 unspecified atom stereocenters. The Morgan fingerprint density at radius 1 is 1.47 bits per heavy atom. The highest BCUT2D eigenvalue weighted by Gasteiger charge is 2.06. The van der Waals surface area contributed by atoms with Crippen LogP contribution in [-0.2, 0) is 9.63 Å². The number of benzene rings is 1. The smallest absolute Gasteiger partial charge is 0.354 e. The van der Waals surface area contributed by atoms with Crippen molar-refractivity contribution in [3.05, 3.63) is 41.6 Å². The number of rotatable bonds is 5. The van der Waals surface area contributed by atoms with E-state index in [1.54, 1.807) is 6.92 Å². The summed E-state index contributed by atoms with van der Waals surface area (Å²) in [7, 11) is 0. The van der Waals surface area contributed by atoms with Crippen molar-refractivity contribution in [1.29, 1.82) is 0 Å². The average Bonchev–Trinajstić information content (AvgIpc) is 2.25. The van der Waals surface area contributed by atoms with Crippen molar-refractivity contribution in [3.8, 4) is 0 Å². The maximum atomic E-state index is 10.8. The molecule has 0 saturated heterocycles. The van der Waals surface area contributed by atoms with Crippen LogP contribution in [0, 0.1) is 0 Å². The quantitative estimate of drug-likeness (QED) is 0.569. The van der Waals surface area contributed by atoms with Gasteiger partial charge in [-0.2, -0.15) is 0 Å². The molecule has 4 nitrogen and oxygen atoms in total. The molecule has 0 saturated carbocycles. The molecule has 0 aliphatic rings. The van der Waals surface area contributed by atoms with Gasteiger partial charge in [0, 0.05) is 0 Å². The van der Waals surface area contributed by atoms with Gasteiger partial charge in [0.25, 0.3) is 0 Å². The summed E-state index contributed by atoms with van der Waals surface area (Å²) < 4.78 is 0. The molecule has 0 bridgehead atoms. The summed E-state index contributed by atoms with van der Waals surface area (Å²) in [5.74, 6) is -1.05. The lowest BCUT2D eigenvalue weighted by Gasteiger charge is -2.05. The van der Waals surface area contributed by atoms with E-state index in [1.165, 1.54) is 6.08 Å². The van der Waals surface area contributed by atoms with Crippen LogP contribution in [0.15, 0.2) is 36.0 Å². The van der Waals surface area contributed by atoms with E-state index < -0.39 is 5.97 Å². The first-order valence-corrected chi connectivity index (χ1v) is 4.62. The molecule has 0 radical (unpaired) electrons. The molecule has 0 aliphatic heterocycles. The summed E-state index contributed by atoms with van der Waals surface area (Å²) in [4.78, 5) is 15.6. The Morgan fingerprint density at radius 3 is 2.67 bits per heavy atom. The van der Waals surface area contributed by atoms with Crippen LogP contribution < -0.4 is 5.48 Å². The Morgan fingerprint density at radius 2 is 2.13 bits per heavy atom. The van der Waals surface area contributed by atoms with Gasteiger partial charge in [0.2, 0.25) is 0 Å². The molecule has 0 amide bonds. The van der Waals surface area contributed by atoms with Gasteiger partial charge in [-0.1, -0.05) is 30.3 Å². The second-order valence-electron chi connectivity index (χ2n) is 2.81. The van der Waals surface area contributed by atoms with E-state index in [9.17, 15) is 4.79 Å². The third-order valence-electron chi connectivity index (χ3n) is 1.67. The SMILES string of the molecule is CCONC(=Cc1ccccc1)C(=O)O. The van der Waals surface area contributed by atoms with Crippen LogP contribution in [-0.4, -0.2) is 17.7 Å². The lowest BCUT2D eigenvalue weighted by Crippen LogP contribution is -2.20. The minimum atomic E-state index is -1.05. The van der Waals surface area contributed by atoms with Gasteiger partial charge in [0.1, 0.15) is 5.70 Å². The topological polar surface area (TPSA) is 58.6 Å². The zero-order valence-corrected chi connectivity index (χ0v) is 8.43. The van der Waals surface area contributed by atoms with Gasteiger partial charge in [-0.15, -0.1) is 0 Å². The number of hydrogen-bond acceptors (Lipinski definition) is 3. The van der Waals surface area contributed by atoms with Gasteiger partial charge >= 0.3 is 5.97 Å². The Labute approximate surface area is 88.1 Å². The Balaban J connectivity index is 2.79. The first kappa shape index (κ1) is 11.3. The Kier molecular flexibility index (Phi) is 4.37. The molecule has 4 heteroatoms. The van der Waals surface area contributed by atoms with Gasteiger partial charge in [0.15, 0.2) is 0 Å². The number of hydroxylamine groups is 1. The summed E-state index contributed by atoms with van der Waals surface area (Å²) >= 11 is 0. The molecule has 0 atom stereocenters. The molecular formula is C11H13NO3. The Bertz CT molecular complexity index is 346. The second-order valence-corrected chi connectivity index (χ2v) is 2.81. The number of carboxylic acids is 1. The summed E-state index contributed by atoms with van der Waals surface area (Å²) in [6.07, 6.45) is 1.51. The fourth-order valence-corrected chi connectivity index (χ4v) is 1.00. The van der Waals surface area contributed by atoms with Gasteiger partial charge in [0.05, 0.1) is 6.61 Å². The molecule has 0 aliphatic carbocycles. The first-order chi connectivity index (χ1) is 7.24. The predicted octanol–water partition coefficient (Wildman–Crippen LogP) is 1.65. The lowest BCUT2D eigenvalue weighted by atomic mass is 10.2. The summed E-state index contributed by atoms with van der Waals surface area (Å²) in [6.45, 7) is 2.17. The van der Waals surface area contributed by atoms with Crippen molar-refractivity contribution < 1.29 is 14.7 Å². The lowest BCUT2D eigenvalue weighted by molar-refractivity contribution is -0.134. The maximum absolute atomic E-state index is 10.8. The summed E-state index contributed by atoms with van der Waals surface area (Å²) in [6, 6.07) is 9.18. The molecular weight excluding hydrogens is 194 g/mol. The molecule has 0 spiro atoms. The monoisotopic (exact) mass is 207 g/mol. The molecule has 0 aromatic heterocycles. The molecule has 1 aromatic carbocycles. The number of nitrogens with one attached hydrogen (secondary N) is 1. The third kappa shape index (κ3) is 3.83. The highest BCUT2D eigenvalue weighted by Crippen LogP contribution is 2.04. The van der Waals surface area contributed by atoms with Gasteiger partial charge < -0.3 is 5.11 Å². The van der Waals surface area contributed by atoms with Crippen molar-refractivity contribution in [1.82, 2.24) is 5.48 Å². The summed E-state index contributed by atoms with van der Waals surface area (Å²) in [5, 5.41) is 8.85. The van der Waals surface area contributed by atoms with E-state index in [0.717, 1.165) is 5.56 Å². The molecule has 2 N–H and O–H groups in total. The fourth-order valence-electron chi connectivity index (χ4n) is 1.00. The molecule has 1 aromatic rings. The minimum absolute atomic E-state index is 0.0167. The second kappa shape index (κ2) is 5.82. The molecule has 0 heterocycles. The van der Waals surface area contributed by atoms with Crippen molar-refractivity contribution >= 4 is 12.0 Å². The van der Waals surface area contributed by atoms with Crippen LogP contribution in [0.2, 0.25) is 0 Å². The van der Waals surface area contributed by atoms with Gasteiger partial charge in [-0.05, 0) is 18.6 Å². The van der Waals surface area contributed by atoms with Crippen molar-refractivity contribution in [2.45, 2.75) is 6.92 Å². The van der Waals surface area contributed by atoms with E-state index >= 15 is 0 Å². The number of carbonyl (C=O) groups is 1. The minimum Gasteiger partial charge on any atom is -0.477 e. The Hall–Kier alpha value is -1.81. The number of aliphatic carboxylic acids is 1. The third-order valence-corrected chi connectivity index (χ3v) is 1.67. The molecule has 80 valence electrons. The summed E-state index contributed by atoms with van der Waals surface area (Å²) in [5.41, 5.74) is 3.20. The predicted molar refractivity (Wildman–Crippen MR) is 56.8 cm³/mol. The van der Waals surface area contributed by atoms with Crippen LogP contribution in [0.25, 0.3) is 6.08 Å². The van der Waals surface area contributed by atoms with Crippen molar-refractivity contribution in [3.63, 3.8) is 0 Å². The van der Waals surface area contributed by atoms with Crippen LogP contribution in [0.4, 0.5) is 0 Å². The first-order valence-electron chi connectivity index (χ1n) is 4.62. The highest BCUT2D eigenvalue weighted by atomic mass is 16.6. The molecule has 15 heavy (non-hydrogen) atoms. The number of carboxylic acid groups (broad SMARTS) is 1. The van der Waals surface area contributed by atoms with Crippen LogP contribution in [0.5, 0.6) is 0 Å². The van der Waals surface area contributed by atoms with Crippen LogP contribution in [0.3, 0.4) is 0 Å². The zero-order valence-electron chi connectivity index (χ0n) is 8.43. The van der Waals surface area contributed by atoms with Gasteiger partial charge in [-0.3, -0.25) is 10.3 Å². The van der Waals surface area contributed by atoms with E-state index in [-0.39, 0.29) is 5.70 Å². The van der Waals surface area contributed by atoms with Crippen molar-refractivity contribution in [2.75, 3.05) is 6.61 Å². The van der Waals surface area contributed by atoms with E-state index in [1.807, 2.05) is 30.3 Å². The molecule has 0 fully saturated rings. The maximum Gasteiger partial charge on any atom is 0.354 e. The largest absolute Gasteiger partial charge is 0.477 e. The van der Waals surface area contributed by atoms with E-state index in [0.29, 0.717) is 6.61 Å². The standard InChI is InChI=1S/C11H13NO3/c1-2-15-12-10(11(13)14)8-9-6-4-3-5-7-9/h3-8,12H,2H2,1H3,(H,13,14). The fraction of sp³-hybridized carbons (Fsp3) is 0.182. The molecule has 1 rings (SSSR count). The zero-order chi connectivity index (χ0) is 11.1. The average molecular weight is 207 g/mol. The number of hydrogen-bond donors (Lipinski definition) is 2. The van der Waals surface area contributed by atoms with Crippen LogP contribution >= 0.6 is 0 Å². The van der Waals surface area contributed by atoms with Gasteiger partial charge in [-0.25, -0.2) is 4.79 Å².